The molecule has 1 rings (SSSR count). The van der Waals surface area contributed by atoms with E-state index in [0.29, 0.717) is 19.4 Å². The Labute approximate surface area is 200 Å². The first kappa shape index (κ1) is 29.3. The maximum atomic E-state index is 10.5. The van der Waals surface area contributed by atoms with Gasteiger partial charge in [-0.3, -0.25) is 0 Å². The average Bonchev–Trinajstić information content (AvgIpc) is 2.64. The van der Waals surface area contributed by atoms with E-state index >= 15 is 0 Å². The maximum absolute atomic E-state index is 10.5. The van der Waals surface area contributed by atoms with Gasteiger partial charge in [-0.05, 0) is 67.5 Å². The Kier molecular flexibility index (Phi) is 11.1. The van der Waals surface area contributed by atoms with Crippen LogP contribution in [0, 0.1) is 0 Å². The highest BCUT2D eigenvalue weighted by Crippen LogP contribution is 2.38. The molecule has 1 aromatic rings. The Morgan fingerprint density at radius 1 is 0.875 bits per heavy atom. The summed E-state index contributed by atoms with van der Waals surface area (Å²) in [6.07, 6.45) is 7.26. The number of rotatable bonds is 12. The number of aryl methyl sites for hydroxylation is 1. The highest BCUT2D eigenvalue weighted by Gasteiger charge is 2.39. The van der Waals surface area contributed by atoms with Crippen LogP contribution in [0.1, 0.15) is 66.4 Å². The van der Waals surface area contributed by atoms with Gasteiger partial charge in [-0.2, -0.15) is 0 Å². The normalized spacial score (nSPS) is 15.8. The standard InChI is InChI=1S/C27H50O3Si2/c1-26(2,3)31(7,8)29-22-21-24(28)17-14-18-25(30-32(9,10)27(4,5)6)20-19-23-15-12-11-13-16-23/h11-16,18,24-25,28H,17,19-22H2,1-10H3/b18-14+/t24-,25-/m1/s1. The molecule has 0 aliphatic carbocycles. The smallest absolute Gasteiger partial charge is 0.192 e. The SMILES string of the molecule is CC(C)(C)[Si](C)(C)OCC[C@H](O)C/C=C/[C@H](CCc1ccccc1)O[Si](C)(C)C(C)(C)C. The van der Waals surface area contributed by atoms with E-state index in [0.717, 1.165) is 12.8 Å². The van der Waals surface area contributed by atoms with Crippen molar-refractivity contribution in [2.75, 3.05) is 6.61 Å². The number of aliphatic hydroxyl groups is 1. The first-order valence-electron chi connectivity index (χ1n) is 12.3. The Bertz CT molecular complexity index is 685. The lowest BCUT2D eigenvalue weighted by atomic mass is 10.1. The molecule has 3 nitrogen and oxygen atoms in total. The van der Waals surface area contributed by atoms with Gasteiger partial charge in [0.05, 0.1) is 12.2 Å². The monoisotopic (exact) mass is 478 g/mol. The molecule has 0 bridgehead atoms. The fourth-order valence-electron chi connectivity index (χ4n) is 2.88. The molecule has 0 saturated carbocycles. The van der Waals surface area contributed by atoms with Gasteiger partial charge < -0.3 is 14.0 Å². The van der Waals surface area contributed by atoms with E-state index in [1.54, 1.807) is 0 Å². The minimum Gasteiger partial charge on any atom is -0.417 e. The van der Waals surface area contributed by atoms with Gasteiger partial charge in [0.1, 0.15) is 0 Å². The van der Waals surface area contributed by atoms with E-state index < -0.39 is 16.6 Å². The molecule has 0 heterocycles. The van der Waals surface area contributed by atoms with Gasteiger partial charge in [0.2, 0.25) is 0 Å². The molecule has 0 aliphatic rings. The molecule has 0 aromatic heterocycles. The number of hydrogen-bond acceptors (Lipinski definition) is 3. The zero-order valence-electron chi connectivity index (χ0n) is 22.5. The summed E-state index contributed by atoms with van der Waals surface area (Å²) < 4.78 is 12.9. The first-order valence-corrected chi connectivity index (χ1v) is 18.1. The second-order valence-electron chi connectivity index (χ2n) is 12.2. The fraction of sp³-hybridized carbons (Fsp3) is 0.704. The van der Waals surface area contributed by atoms with Crippen LogP contribution >= 0.6 is 0 Å². The molecule has 1 aromatic carbocycles. The van der Waals surface area contributed by atoms with Crippen molar-refractivity contribution in [2.24, 2.45) is 0 Å². The summed E-state index contributed by atoms with van der Waals surface area (Å²) in [5.41, 5.74) is 1.34. The third-order valence-corrected chi connectivity index (χ3v) is 16.3. The summed E-state index contributed by atoms with van der Waals surface area (Å²) in [6.45, 7) is 23.3. The van der Waals surface area contributed by atoms with Crippen molar-refractivity contribution in [1.82, 2.24) is 0 Å². The molecule has 1 N–H and O–H groups in total. The summed E-state index contributed by atoms with van der Waals surface area (Å²) in [7, 11) is -3.63. The fourth-order valence-corrected chi connectivity index (χ4v) is 5.24. The van der Waals surface area contributed by atoms with Crippen LogP contribution in [0.25, 0.3) is 0 Å². The number of aliphatic hydroxyl groups excluding tert-OH is 1. The van der Waals surface area contributed by atoms with Crippen LogP contribution in [0.4, 0.5) is 0 Å². The van der Waals surface area contributed by atoms with E-state index in [9.17, 15) is 5.11 Å². The van der Waals surface area contributed by atoms with Gasteiger partial charge >= 0.3 is 0 Å². The molecular formula is C27H50O3Si2. The summed E-state index contributed by atoms with van der Waals surface area (Å²) in [6, 6.07) is 10.6. The van der Waals surface area contributed by atoms with Crippen LogP contribution in [0.5, 0.6) is 0 Å². The zero-order chi connectivity index (χ0) is 24.6. The first-order chi connectivity index (χ1) is 14.6. The molecule has 2 atom stereocenters. The second-order valence-corrected chi connectivity index (χ2v) is 21.7. The zero-order valence-corrected chi connectivity index (χ0v) is 24.5. The summed E-state index contributed by atoms with van der Waals surface area (Å²) >= 11 is 0. The molecule has 32 heavy (non-hydrogen) atoms. The number of hydrogen-bond donors (Lipinski definition) is 1. The van der Waals surface area contributed by atoms with Gasteiger partial charge in [0, 0.05) is 6.61 Å². The van der Waals surface area contributed by atoms with Crippen LogP contribution in [-0.4, -0.2) is 40.6 Å². The van der Waals surface area contributed by atoms with Crippen LogP contribution in [-0.2, 0) is 15.3 Å². The molecule has 5 heteroatoms. The van der Waals surface area contributed by atoms with Crippen molar-refractivity contribution < 1.29 is 14.0 Å². The molecule has 0 saturated heterocycles. The Morgan fingerprint density at radius 3 is 1.97 bits per heavy atom. The molecule has 0 unspecified atom stereocenters. The van der Waals surface area contributed by atoms with Crippen LogP contribution in [0.2, 0.25) is 36.3 Å². The largest absolute Gasteiger partial charge is 0.417 e. The minimum absolute atomic E-state index is 0.0757. The molecule has 184 valence electrons. The lowest BCUT2D eigenvalue weighted by Gasteiger charge is -2.38. The van der Waals surface area contributed by atoms with Gasteiger partial charge in [0.25, 0.3) is 0 Å². The van der Waals surface area contributed by atoms with Gasteiger partial charge in [0.15, 0.2) is 16.6 Å². The van der Waals surface area contributed by atoms with E-state index in [4.69, 9.17) is 8.85 Å². The van der Waals surface area contributed by atoms with Gasteiger partial charge in [-0.1, -0.05) is 84.0 Å². The molecule has 0 spiro atoms. The predicted octanol–water partition coefficient (Wildman–Crippen LogP) is 7.73. The third kappa shape index (κ3) is 10.0. The third-order valence-electron chi connectivity index (χ3n) is 7.29. The average molecular weight is 479 g/mol. The molecule has 0 aliphatic heterocycles. The van der Waals surface area contributed by atoms with E-state index in [2.05, 4.69) is 110 Å². The topological polar surface area (TPSA) is 38.7 Å². The van der Waals surface area contributed by atoms with Crippen molar-refractivity contribution in [3.05, 3.63) is 48.0 Å². The lowest BCUT2D eigenvalue weighted by molar-refractivity contribution is 0.137. The Hall–Kier alpha value is -0.726. The van der Waals surface area contributed by atoms with Gasteiger partial charge in [-0.15, -0.1) is 0 Å². The number of benzene rings is 1. The van der Waals surface area contributed by atoms with Crippen molar-refractivity contribution >= 4 is 16.6 Å². The van der Waals surface area contributed by atoms with Crippen molar-refractivity contribution in [3.8, 4) is 0 Å². The van der Waals surface area contributed by atoms with E-state index in [1.807, 2.05) is 0 Å². The minimum atomic E-state index is -1.87. The maximum Gasteiger partial charge on any atom is 0.192 e. The van der Waals surface area contributed by atoms with Gasteiger partial charge in [-0.25, -0.2) is 0 Å². The van der Waals surface area contributed by atoms with Crippen LogP contribution in [0.3, 0.4) is 0 Å². The predicted molar refractivity (Wildman–Crippen MR) is 144 cm³/mol. The van der Waals surface area contributed by atoms with Crippen molar-refractivity contribution in [1.29, 1.82) is 0 Å². The Morgan fingerprint density at radius 2 is 1.44 bits per heavy atom. The van der Waals surface area contributed by atoms with Crippen LogP contribution < -0.4 is 0 Å². The van der Waals surface area contributed by atoms with Crippen molar-refractivity contribution in [2.45, 2.75) is 116 Å². The summed E-state index contributed by atoms with van der Waals surface area (Å²) in [5, 5.41) is 10.9. The van der Waals surface area contributed by atoms with E-state index in [-0.39, 0.29) is 22.3 Å². The van der Waals surface area contributed by atoms with Crippen LogP contribution in [0.15, 0.2) is 42.5 Å². The lowest BCUT2D eigenvalue weighted by Crippen LogP contribution is -2.43. The highest BCUT2D eigenvalue weighted by atomic mass is 28.4. The summed E-state index contributed by atoms with van der Waals surface area (Å²) in [4.78, 5) is 0. The molecule has 0 radical (unpaired) electrons. The van der Waals surface area contributed by atoms with Crippen molar-refractivity contribution in [3.63, 3.8) is 0 Å². The second kappa shape index (κ2) is 12.1. The summed E-state index contributed by atoms with van der Waals surface area (Å²) in [5.74, 6) is 0. The van der Waals surface area contributed by atoms with E-state index in [1.165, 1.54) is 5.56 Å². The molecule has 0 amide bonds. The Balaban J connectivity index is 2.66. The molecular weight excluding hydrogens is 428 g/mol. The highest BCUT2D eigenvalue weighted by molar-refractivity contribution is 6.74. The quantitative estimate of drug-likeness (QED) is 0.247. The molecule has 0 fully saturated rings.